The monoisotopic (exact) mass is 399 g/mol. The second-order valence-corrected chi connectivity index (χ2v) is 7.23. The van der Waals surface area contributed by atoms with Crippen molar-refractivity contribution in [3.05, 3.63) is 95.8 Å². The summed E-state index contributed by atoms with van der Waals surface area (Å²) in [4.78, 5) is 33.6. The molecule has 2 aromatic carbocycles. The van der Waals surface area contributed by atoms with Crippen LogP contribution in [0.3, 0.4) is 0 Å². The standard InChI is InChI=1S/C24H21N3O3/c1-26(2)18-10-12-19(13-11-18)27-21(17-9-6-14-25-15-17)20(23(29)24(27)30)22(28)16-7-4-3-5-8-16/h3-15,21,28H,1-2H3/b22-20+. The van der Waals surface area contributed by atoms with Crippen molar-refractivity contribution < 1.29 is 14.7 Å². The van der Waals surface area contributed by atoms with Crippen LogP contribution in [0, 0.1) is 0 Å². The van der Waals surface area contributed by atoms with Gasteiger partial charge < -0.3 is 10.0 Å². The predicted octanol–water partition coefficient (Wildman–Crippen LogP) is 3.77. The van der Waals surface area contributed by atoms with Gasteiger partial charge in [0.15, 0.2) is 0 Å². The van der Waals surface area contributed by atoms with Crippen molar-refractivity contribution in [2.24, 2.45) is 0 Å². The number of aromatic nitrogens is 1. The van der Waals surface area contributed by atoms with E-state index in [9.17, 15) is 14.7 Å². The van der Waals surface area contributed by atoms with Crippen LogP contribution in [0.2, 0.25) is 0 Å². The molecule has 0 aliphatic carbocycles. The van der Waals surface area contributed by atoms with Gasteiger partial charge in [-0.15, -0.1) is 0 Å². The van der Waals surface area contributed by atoms with Crippen molar-refractivity contribution in [2.75, 3.05) is 23.9 Å². The van der Waals surface area contributed by atoms with Crippen LogP contribution < -0.4 is 9.80 Å². The number of hydrogen-bond donors (Lipinski definition) is 1. The van der Waals surface area contributed by atoms with E-state index < -0.39 is 17.7 Å². The van der Waals surface area contributed by atoms with E-state index in [1.807, 2.05) is 37.2 Å². The lowest BCUT2D eigenvalue weighted by atomic mass is 9.96. The molecule has 1 atom stereocenters. The molecule has 150 valence electrons. The van der Waals surface area contributed by atoms with Crippen molar-refractivity contribution in [3.63, 3.8) is 0 Å². The normalized spacial score (nSPS) is 17.9. The maximum atomic E-state index is 13.1. The van der Waals surface area contributed by atoms with Gasteiger partial charge in [0.1, 0.15) is 5.76 Å². The van der Waals surface area contributed by atoms with Gasteiger partial charge in [-0.05, 0) is 35.9 Å². The molecule has 1 unspecified atom stereocenters. The second kappa shape index (κ2) is 7.83. The average molecular weight is 399 g/mol. The van der Waals surface area contributed by atoms with Gasteiger partial charge in [0, 0.05) is 43.4 Å². The Morgan fingerprint density at radius 1 is 0.967 bits per heavy atom. The minimum absolute atomic E-state index is 0.0517. The zero-order valence-corrected chi connectivity index (χ0v) is 16.7. The van der Waals surface area contributed by atoms with Crippen molar-refractivity contribution in [1.82, 2.24) is 4.98 Å². The molecule has 1 aliphatic heterocycles. The fraction of sp³-hybridized carbons (Fsp3) is 0.125. The van der Waals surface area contributed by atoms with Crippen molar-refractivity contribution in [1.29, 1.82) is 0 Å². The van der Waals surface area contributed by atoms with Gasteiger partial charge in [0.2, 0.25) is 0 Å². The number of Topliss-reactive ketones (excluding diaryl/α,β-unsaturated/α-hetero) is 1. The summed E-state index contributed by atoms with van der Waals surface area (Å²) < 4.78 is 0. The average Bonchev–Trinajstić information content (AvgIpc) is 3.05. The predicted molar refractivity (Wildman–Crippen MR) is 116 cm³/mol. The van der Waals surface area contributed by atoms with Crippen molar-refractivity contribution >= 4 is 28.8 Å². The first-order valence-electron chi connectivity index (χ1n) is 9.53. The van der Waals surface area contributed by atoms with E-state index in [1.165, 1.54) is 4.90 Å². The minimum atomic E-state index is -0.774. The lowest BCUT2D eigenvalue weighted by Crippen LogP contribution is -2.29. The Balaban J connectivity index is 1.90. The summed E-state index contributed by atoms with van der Waals surface area (Å²) in [7, 11) is 3.85. The van der Waals surface area contributed by atoms with Crippen LogP contribution in [-0.2, 0) is 9.59 Å². The number of carbonyl (C=O) groups is 2. The summed E-state index contributed by atoms with van der Waals surface area (Å²) in [6.45, 7) is 0. The third kappa shape index (κ3) is 3.33. The number of benzene rings is 2. The Bertz CT molecular complexity index is 1110. The molecule has 1 N–H and O–H groups in total. The lowest BCUT2D eigenvalue weighted by molar-refractivity contribution is -0.132. The highest BCUT2D eigenvalue weighted by Crippen LogP contribution is 2.42. The molecule has 1 aliphatic rings. The number of aliphatic hydroxyl groups is 1. The molecule has 30 heavy (non-hydrogen) atoms. The van der Waals surface area contributed by atoms with Gasteiger partial charge in [-0.1, -0.05) is 36.4 Å². The summed E-state index contributed by atoms with van der Waals surface area (Å²) in [6.07, 6.45) is 3.23. The molecule has 1 amide bonds. The quantitative estimate of drug-likeness (QED) is 0.411. The van der Waals surface area contributed by atoms with Gasteiger partial charge >= 0.3 is 0 Å². The fourth-order valence-corrected chi connectivity index (χ4v) is 3.61. The molecule has 0 bridgehead atoms. The summed E-state index contributed by atoms with van der Waals surface area (Å²) in [5.74, 6) is -1.60. The molecule has 0 radical (unpaired) electrons. The number of ketones is 1. The summed E-state index contributed by atoms with van der Waals surface area (Å²) in [5, 5.41) is 11.0. The Morgan fingerprint density at radius 2 is 1.67 bits per heavy atom. The first kappa shape index (κ1) is 19.4. The van der Waals surface area contributed by atoms with Gasteiger partial charge in [-0.25, -0.2) is 0 Å². The highest BCUT2D eigenvalue weighted by Gasteiger charge is 2.47. The Hall–Kier alpha value is -3.93. The van der Waals surface area contributed by atoms with E-state index >= 15 is 0 Å². The fourth-order valence-electron chi connectivity index (χ4n) is 3.61. The summed E-state index contributed by atoms with van der Waals surface area (Å²) in [5.41, 5.74) is 2.72. The highest BCUT2D eigenvalue weighted by molar-refractivity contribution is 6.51. The molecule has 4 rings (SSSR count). The number of rotatable bonds is 4. The number of pyridine rings is 1. The first-order chi connectivity index (χ1) is 14.5. The number of nitrogens with zero attached hydrogens (tertiary/aromatic N) is 3. The molecule has 1 aromatic heterocycles. The molecule has 2 heterocycles. The maximum Gasteiger partial charge on any atom is 0.300 e. The molecular weight excluding hydrogens is 378 g/mol. The molecule has 3 aromatic rings. The third-order valence-electron chi connectivity index (χ3n) is 5.14. The largest absolute Gasteiger partial charge is 0.507 e. The van der Waals surface area contributed by atoms with E-state index in [2.05, 4.69) is 4.98 Å². The van der Waals surface area contributed by atoms with Crippen molar-refractivity contribution in [3.8, 4) is 0 Å². The van der Waals surface area contributed by atoms with E-state index in [0.717, 1.165) is 5.69 Å². The maximum absolute atomic E-state index is 13.1. The van der Waals surface area contributed by atoms with Crippen LogP contribution in [0.25, 0.3) is 5.76 Å². The number of carbonyl (C=O) groups excluding carboxylic acids is 2. The van der Waals surface area contributed by atoms with E-state index in [1.54, 1.807) is 60.9 Å². The second-order valence-electron chi connectivity index (χ2n) is 7.23. The Labute approximate surface area is 174 Å². The smallest absolute Gasteiger partial charge is 0.300 e. The van der Waals surface area contributed by atoms with Crippen LogP contribution >= 0.6 is 0 Å². The van der Waals surface area contributed by atoms with E-state index in [4.69, 9.17) is 0 Å². The number of anilines is 2. The van der Waals surface area contributed by atoms with Gasteiger partial charge in [0.05, 0.1) is 11.6 Å². The summed E-state index contributed by atoms with van der Waals surface area (Å²) >= 11 is 0. The molecule has 6 heteroatoms. The zero-order valence-electron chi connectivity index (χ0n) is 16.7. The molecule has 0 spiro atoms. The molecule has 1 fully saturated rings. The van der Waals surface area contributed by atoms with Crippen LogP contribution in [0.4, 0.5) is 11.4 Å². The van der Waals surface area contributed by atoms with Crippen LogP contribution in [0.15, 0.2) is 84.7 Å². The molecule has 1 saturated heterocycles. The highest BCUT2D eigenvalue weighted by atomic mass is 16.3. The molecule has 6 nitrogen and oxygen atoms in total. The van der Waals surface area contributed by atoms with Gasteiger partial charge in [-0.3, -0.25) is 19.5 Å². The van der Waals surface area contributed by atoms with Crippen molar-refractivity contribution in [2.45, 2.75) is 6.04 Å². The lowest BCUT2D eigenvalue weighted by Gasteiger charge is -2.25. The minimum Gasteiger partial charge on any atom is -0.507 e. The number of hydrogen-bond acceptors (Lipinski definition) is 5. The molecule has 0 saturated carbocycles. The number of aliphatic hydroxyl groups excluding tert-OH is 1. The van der Waals surface area contributed by atoms with Gasteiger partial charge in [-0.2, -0.15) is 0 Å². The first-order valence-corrected chi connectivity index (χ1v) is 9.53. The van der Waals surface area contributed by atoms with E-state index in [0.29, 0.717) is 16.8 Å². The van der Waals surface area contributed by atoms with Crippen LogP contribution in [-0.4, -0.2) is 35.9 Å². The summed E-state index contributed by atoms with van der Waals surface area (Å²) in [6, 6.07) is 18.9. The zero-order chi connectivity index (χ0) is 21.3. The van der Waals surface area contributed by atoms with E-state index in [-0.39, 0.29) is 11.3 Å². The third-order valence-corrected chi connectivity index (χ3v) is 5.14. The Morgan fingerprint density at radius 3 is 2.27 bits per heavy atom. The van der Waals surface area contributed by atoms with Gasteiger partial charge in [0.25, 0.3) is 11.7 Å². The number of amides is 1. The molecular formula is C24H21N3O3. The topological polar surface area (TPSA) is 73.7 Å². The SMILES string of the molecule is CN(C)c1ccc(N2C(=O)C(=O)/C(=C(/O)c3ccccc3)C2c2cccnc2)cc1. The Kier molecular flexibility index (Phi) is 5.06. The van der Waals surface area contributed by atoms with Crippen LogP contribution in [0.1, 0.15) is 17.2 Å². The van der Waals surface area contributed by atoms with Crippen LogP contribution in [0.5, 0.6) is 0 Å².